The van der Waals surface area contributed by atoms with Gasteiger partial charge in [0.2, 0.25) is 0 Å². The summed E-state index contributed by atoms with van der Waals surface area (Å²) >= 11 is 0. The molecule has 0 unspecified atom stereocenters. The highest BCUT2D eigenvalue weighted by Crippen LogP contribution is 2.18. The van der Waals surface area contributed by atoms with E-state index in [-0.39, 0.29) is 0 Å². The molecule has 0 saturated heterocycles. The van der Waals surface area contributed by atoms with Crippen LogP contribution in [0.3, 0.4) is 0 Å². The molecule has 0 aliphatic heterocycles. The van der Waals surface area contributed by atoms with E-state index in [0.29, 0.717) is 46.2 Å². The van der Waals surface area contributed by atoms with Crippen LogP contribution < -0.4 is 18.9 Å². The lowest BCUT2D eigenvalue weighted by Gasteiger charge is -2.25. The van der Waals surface area contributed by atoms with E-state index in [1.807, 2.05) is 62.4 Å². The van der Waals surface area contributed by atoms with Crippen LogP contribution >= 0.6 is 0 Å². The monoisotopic (exact) mass is 434 g/mol. The van der Waals surface area contributed by atoms with Gasteiger partial charge in [-0.2, -0.15) is 0 Å². The molecule has 0 N–H and O–H groups in total. The van der Waals surface area contributed by atoms with E-state index >= 15 is 0 Å². The second kappa shape index (κ2) is 13.7. The van der Waals surface area contributed by atoms with Gasteiger partial charge >= 0.3 is 0 Å². The summed E-state index contributed by atoms with van der Waals surface area (Å²) in [7, 11) is 3.27. The maximum Gasteiger partial charge on any atom is 0.119 e. The minimum atomic E-state index is -0.400. The Morgan fingerprint density at radius 1 is 0.548 bits per heavy atom. The molecule has 0 aromatic heterocycles. The Morgan fingerprint density at radius 2 is 0.968 bits per heavy atom. The van der Waals surface area contributed by atoms with Crippen LogP contribution in [0.2, 0.25) is 0 Å². The highest BCUT2D eigenvalue weighted by Gasteiger charge is 2.18. The lowest BCUT2D eigenvalue weighted by molar-refractivity contribution is -0.0925. The normalized spacial score (nSPS) is 11.2. The van der Waals surface area contributed by atoms with Gasteiger partial charge in [-0.25, -0.2) is 0 Å². The van der Waals surface area contributed by atoms with Gasteiger partial charge in [-0.1, -0.05) is 0 Å². The fourth-order valence-corrected chi connectivity index (χ4v) is 2.62. The number of hydrogen-bond acceptors (Lipinski definition) is 7. The Hall–Kier alpha value is -2.48. The highest BCUT2D eigenvalue weighted by molar-refractivity contribution is 5.31. The third-order valence-electron chi connectivity index (χ3n) is 4.28. The van der Waals surface area contributed by atoms with Crippen LogP contribution in [-0.2, 0) is 14.2 Å². The molecule has 7 heteroatoms. The van der Waals surface area contributed by atoms with Crippen molar-refractivity contribution in [3.63, 3.8) is 0 Å². The van der Waals surface area contributed by atoms with Gasteiger partial charge < -0.3 is 33.2 Å². The van der Waals surface area contributed by atoms with Crippen LogP contribution in [0, 0.1) is 0 Å². The van der Waals surface area contributed by atoms with Crippen molar-refractivity contribution in [3.8, 4) is 23.0 Å². The number of ether oxygens (including phenoxy) is 7. The quantitative estimate of drug-likeness (QED) is 0.370. The van der Waals surface area contributed by atoms with Crippen molar-refractivity contribution < 1.29 is 33.2 Å². The summed E-state index contributed by atoms with van der Waals surface area (Å²) < 4.78 is 38.6. The minimum Gasteiger partial charge on any atom is -0.497 e. The van der Waals surface area contributed by atoms with Crippen LogP contribution in [0.5, 0.6) is 23.0 Å². The van der Waals surface area contributed by atoms with E-state index in [4.69, 9.17) is 33.2 Å². The molecule has 172 valence electrons. The van der Waals surface area contributed by atoms with Crippen molar-refractivity contribution in [2.45, 2.75) is 19.4 Å². The van der Waals surface area contributed by atoms with Crippen LogP contribution in [-0.4, -0.2) is 66.1 Å². The molecule has 7 nitrogen and oxygen atoms in total. The molecule has 0 fully saturated rings. The van der Waals surface area contributed by atoms with E-state index < -0.39 is 5.60 Å². The molecule has 0 aliphatic carbocycles. The number of benzene rings is 2. The second-order valence-corrected chi connectivity index (χ2v) is 7.32. The van der Waals surface area contributed by atoms with Crippen LogP contribution in [0.1, 0.15) is 13.8 Å². The predicted octanol–water partition coefficient (Wildman–Crippen LogP) is 3.99. The maximum atomic E-state index is 5.85. The van der Waals surface area contributed by atoms with Crippen molar-refractivity contribution in [3.05, 3.63) is 48.5 Å². The van der Waals surface area contributed by atoms with Gasteiger partial charge in [-0.3, -0.25) is 0 Å². The van der Waals surface area contributed by atoms with Gasteiger partial charge in [0.05, 0.1) is 52.9 Å². The van der Waals surface area contributed by atoms with Gasteiger partial charge in [0.15, 0.2) is 0 Å². The molecule has 0 radical (unpaired) electrons. The van der Waals surface area contributed by atoms with Gasteiger partial charge in [0.1, 0.15) is 36.2 Å². The number of methoxy groups -OCH3 is 2. The molecule has 2 rings (SSSR count). The molecule has 0 heterocycles. The van der Waals surface area contributed by atoms with Crippen molar-refractivity contribution in [1.82, 2.24) is 0 Å². The average Bonchev–Trinajstić information content (AvgIpc) is 2.79. The van der Waals surface area contributed by atoms with Crippen LogP contribution in [0.4, 0.5) is 0 Å². The summed E-state index contributed by atoms with van der Waals surface area (Å²) in [4.78, 5) is 0. The first-order valence-corrected chi connectivity index (χ1v) is 10.4. The van der Waals surface area contributed by atoms with E-state index in [1.165, 1.54) is 0 Å². The molecule has 0 atom stereocenters. The summed E-state index contributed by atoms with van der Waals surface area (Å²) in [6.45, 7) is 7.37. The Kier molecular flexibility index (Phi) is 11.0. The summed E-state index contributed by atoms with van der Waals surface area (Å²) in [5.74, 6) is 3.18. The van der Waals surface area contributed by atoms with Gasteiger partial charge in [-0.15, -0.1) is 0 Å². The molecular formula is C24H34O7. The summed E-state index contributed by atoms with van der Waals surface area (Å²) in [5.41, 5.74) is -0.400. The summed E-state index contributed by atoms with van der Waals surface area (Å²) in [5, 5.41) is 0. The van der Waals surface area contributed by atoms with E-state index in [2.05, 4.69) is 0 Å². The molecule has 0 spiro atoms. The van der Waals surface area contributed by atoms with Gasteiger partial charge in [0.25, 0.3) is 0 Å². The largest absolute Gasteiger partial charge is 0.497 e. The van der Waals surface area contributed by atoms with Crippen molar-refractivity contribution >= 4 is 0 Å². The summed E-state index contributed by atoms with van der Waals surface area (Å²) in [6, 6.07) is 14.9. The second-order valence-electron chi connectivity index (χ2n) is 7.32. The zero-order valence-corrected chi connectivity index (χ0v) is 18.9. The molecular weight excluding hydrogens is 400 g/mol. The maximum absolute atomic E-state index is 5.85. The fourth-order valence-electron chi connectivity index (χ4n) is 2.62. The summed E-state index contributed by atoms with van der Waals surface area (Å²) in [6.07, 6.45) is 0. The molecule has 31 heavy (non-hydrogen) atoms. The third kappa shape index (κ3) is 10.4. The van der Waals surface area contributed by atoms with E-state index in [9.17, 15) is 0 Å². The molecule has 0 bridgehead atoms. The number of hydrogen-bond donors (Lipinski definition) is 0. The first-order valence-electron chi connectivity index (χ1n) is 10.4. The molecule has 0 amide bonds. The zero-order valence-electron chi connectivity index (χ0n) is 18.9. The lowest BCUT2D eigenvalue weighted by Crippen LogP contribution is -2.33. The average molecular weight is 435 g/mol. The first-order chi connectivity index (χ1) is 15.0. The minimum absolute atomic E-state index is 0.400. The zero-order chi connectivity index (χ0) is 22.4. The van der Waals surface area contributed by atoms with Crippen LogP contribution in [0.15, 0.2) is 48.5 Å². The van der Waals surface area contributed by atoms with Gasteiger partial charge in [0, 0.05) is 0 Å². The Bertz CT molecular complexity index is 714. The topological polar surface area (TPSA) is 64.6 Å². The Balaban J connectivity index is 1.46. The van der Waals surface area contributed by atoms with Crippen molar-refractivity contribution in [2.75, 3.05) is 60.5 Å². The smallest absolute Gasteiger partial charge is 0.119 e. The first kappa shape index (κ1) is 24.8. The SMILES string of the molecule is COc1ccc(OCCOCCOC(C)(C)COCCOc2ccc(OC)cc2)cc1. The molecule has 0 saturated carbocycles. The van der Waals surface area contributed by atoms with Crippen molar-refractivity contribution in [1.29, 1.82) is 0 Å². The Labute approximate surface area is 185 Å². The van der Waals surface area contributed by atoms with Gasteiger partial charge in [-0.05, 0) is 62.4 Å². The lowest BCUT2D eigenvalue weighted by atomic mass is 10.1. The predicted molar refractivity (Wildman–Crippen MR) is 119 cm³/mol. The molecule has 2 aromatic rings. The number of rotatable bonds is 16. The van der Waals surface area contributed by atoms with Crippen molar-refractivity contribution in [2.24, 2.45) is 0 Å². The standard InChI is InChI=1S/C24H34O7/c1-24(2,19-28-14-17-30-23-11-7-21(26-4)8-12-23)31-18-15-27-13-16-29-22-9-5-20(25-3)6-10-22/h5-12H,13-19H2,1-4H3. The third-order valence-corrected chi connectivity index (χ3v) is 4.28. The Morgan fingerprint density at radius 3 is 1.45 bits per heavy atom. The fraction of sp³-hybridized carbons (Fsp3) is 0.500. The molecule has 0 aliphatic rings. The van der Waals surface area contributed by atoms with Crippen LogP contribution in [0.25, 0.3) is 0 Å². The molecule has 2 aromatic carbocycles. The van der Waals surface area contributed by atoms with E-state index in [1.54, 1.807) is 14.2 Å². The highest BCUT2D eigenvalue weighted by atomic mass is 16.6. The van der Waals surface area contributed by atoms with E-state index in [0.717, 1.165) is 23.0 Å².